The van der Waals surface area contributed by atoms with Crippen LogP contribution in [0.4, 0.5) is 11.4 Å². The van der Waals surface area contributed by atoms with Gasteiger partial charge in [-0.25, -0.2) is 4.79 Å². The Hall–Kier alpha value is -3.42. The van der Waals surface area contributed by atoms with Gasteiger partial charge in [0.2, 0.25) is 0 Å². The van der Waals surface area contributed by atoms with Crippen LogP contribution < -0.4 is 9.64 Å². The number of para-hydroxylation sites is 1. The third kappa shape index (κ3) is 4.15. The number of nitrogens with zero attached hydrogens (tertiary/aromatic N) is 2. The Kier molecular flexibility index (Phi) is 5.90. The molecule has 2 aromatic carbocycles. The highest BCUT2D eigenvalue weighted by Crippen LogP contribution is 2.29. The van der Waals surface area contributed by atoms with E-state index in [4.69, 9.17) is 4.74 Å². The molecule has 0 aromatic heterocycles. The van der Waals surface area contributed by atoms with Crippen LogP contribution in [0.3, 0.4) is 0 Å². The summed E-state index contributed by atoms with van der Waals surface area (Å²) in [6.07, 6.45) is -0.970. The fourth-order valence-electron chi connectivity index (χ4n) is 2.30. The molecule has 0 heterocycles. The largest absolute Gasteiger partial charge is 0.474 e. The predicted molar refractivity (Wildman–Crippen MR) is 94.4 cm³/mol. The molecule has 0 aliphatic rings. The van der Waals surface area contributed by atoms with E-state index in [2.05, 4.69) is 4.74 Å². The number of anilines is 1. The van der Waals surface area contributed by atoms with Gasteiger partial charge in [0.1, 0.15) is 0 Å². The minimum Gasteiger partial charge on any atom is -0.474 e. The van der Waals surface area contributed by atoms with Crippen LogP contribution in [0.25, 0.3) is 0 Å². The van der Waals surface area contributed by atoms with Crippen LogP contribution >= 0.6 is 0 Å². The summed E-state index contributed by atoms with van der Waals surface area (Å²) in [5.41, 5.74) is 0.269. The molecule has 1 atom stereocenters. The van der Waals surface area contributed by atoms with E-state index in [0.717, 1.165) is 6.07 Å². The fraction of sp³-hybridized carbons (Fsp3) is 0.222. The lowest BCUT2D eigenvalue weighted by molar-refractivity contribution is -0.386. The van der Waals surface area contributed by atoms with Crippen molar-refractivity contribution in [1.82, 2.24) is 0 Å². The molecule has 0 saturated carbocycles. The molecular formula is C18H18N2O6. The lowest BCUT2D eigenvalue weighted by Gasteiger charge is -2.22. The first-order valence-electron chi connectivity index (χ1n) is 7.71. The van der Waals surface area contributed by atoms with Crippen LogP contribution in [0.1, 0.15) is 17.3 Å². The molecule has 0 N–H and O–H groups in total. The van der Waals surface area contributed by atoms with E-state index in [-0.39, 0.29) is 17.2 Å². The van der Waals surface area contributed by atoms with Crippen molar-refractivity contribution in [2.75, 3.05) is 19.1 Å². The predicted octanol–water partition coefficient (Wildman–Crippen LogP) is 2.81. The van der Waals surface area contributed by atoms with E-state index >= 15 is 0 Å². The number of ether oxygens (including phenoxy) is 2. The first kappa shape index (κ1) is 18.9. The van der Waals surface area contributed by atoms with Crippen molar-refractivity contribution in [2.24, 2.45) is 0 Å². The molecular weight excluding hydrogens is 340 g/mol. The minimum absolute atomic E-state index is 0.0203. The Morgan fingerprint density at radius 1 is 1.15 bits per heavy atom. The van der Waals surface area contributed by atoms with Crippen LogP contribution in [0.15, 0.2) is 48.5 Å². The Morgan fingerprint density at radius 2 is 1.81 bits per heavy atom. The number of likely N-dealkylation sites (N-methyl/N-ethyl adjacent to an activating group) is 1. The number of nitro benzene ring substituents is 1. The van der Waals surface area contributed by atoms with E-state index in [0.29, 0.717) is 5.69 Å². The zero-order valence-corrected chi connectivity index (χ0v) is 14.5. The van der Waals surface area contributed by atoms with Crippen LogP contribution in [-0.4, -0.2) is 37.1 Å². The van der Waals surface area contributed by atoms with Gasteiger partial charge >= 0.3 is 11.7 Å². The molecule has 2 aromatic rings. The summed E-state index contributed by atoms with van der Waals surface area (Å²) in [6.45, 7) is 1.50. The van der Waals surface area contributed by atoms with Crippen molar-refractivity contribution in [3.63, 3.8) is 0 Å². The number of rotatable bonds is 6. The van der Waals surface area contributed by atoms with E-state index in [1.54, 1.807) is 31.3 Å². The summed E-state index contributed by atoms with van der Waals surface area (Å²) in [4.78, 5) is 36.0. The summed E-state index contributed by atoms with van der Waals surface area (Å²) < 4.78 is 10.0. The molecule has 8 heteroatoms. The molecule has 0 aliphatic carbocycles. The molecule has 0 aliphatic heterocycles. The van der Waals surface area contributed by atoms with Crippen LogP contribution in [0.5, 0.6) is 5.75 Å². The lowest BCUT2D eigenvalue weighted by Crippen LogP contribution is -2.38. The molecule has 0 unspecified atom stereocenters. The van der Waals surface area contributed by atoms with Gasteiger partial charge in [-0.1, -0.05) is 18.2 Å². The molecule has 0 spiro atoms. The summed E-state index contributed by atoms with van der Waals surface area (Å²) >= 11 is 0. The number of methoxy groups -OCH3 is 1. The van der Waals surface area contributed by atoms with Gasteiger partial charge in [-0.3, -0.25) is 14.9 Å². The number of esters is 1. The van der Waals surface area contributed by atoms with Crippen LogP contribution in [-0.2, 0) is 9.53 Å². The molecule has 2 rings (SSSR count). The Morgan fingerprint density at radius 3 is 2.38 bits per heavy atom. The van der Waals surface area contributed by atoms with Crippen molar-refractivity contribution < 1.29 is 24.0 Å². The number of carbonyl (C=O) groups excluding carboxylic acids is 2. The SMILES string of the molecule is COC(=O)c1ccc(O[C@H](C)C(=O)N(C)c2ccccc2)c([N+](=O)[O-])c1. The molecule has 0 bridgehead atoms. The Balaban J connectivity index is 2.22. The van der Waals surface area contributed by atoms with Gasteiger partial charge in [0.05, 0.1) is 17.6 Å². The number of hydrogen-bond donors (Lipinski definition) is 0. The summed E-state index contributed by atoms with van der Waals surface area (Å²) in [5, 5.41) is 11.3. The second-order valence-corrected chi connectivity index (χ2v) is 5.42. The second kappa shape index (κ2) is 8.11. The van der Waals surface area contributed by atoms with Gasteiger partial charge in [0.25, 0.3) is 5.91 Å². The standard InChI is InChI=1S/C18H18N2O6/c1-12(17(21)19(2)14-7-5-4-6-8-14)26-16-10-9-13(18(22)25-3)11-15(16)20(23)24/h4-12H,1-3H3/t12-/m1/s1. The third-order valence-corrected chi connectivity index (χ3v) is 3.70. The van der Waals surface area contributed by atoms with Gasteiger partial charge in [-0.15, -0.1) is 0 Å². The second-order valence-electron chi connectivity index (χ2n) is 5.42. The first-order valence-corrected chi connectivity index (χ1v) is 7.71. The number of hydrogen-bond acceptors (Lipinski definition) is 6. The zero-order valence-electron chi connectivity index (χ0n) is 14.5. The van der Waals surface area contributed by atoms with E-state index < -0.39 is 22.7 Å². The first-order chi connectivity index (χ1) is 12.3. The van der Waals surface area contributed by atoms with E-state index in [1.165, 1.54) is 31.1 Å². The topological polar surface area (TPSA) is 99.0 Å². The van der Waals surface area contributed by atoms with Gasteiger partial charge in [-0.2, -0.15) is 0 Å². The molecule has 1 amide bonds. The van der Waals surface area contributed by atoms with Crippen molar-refractivity contribution in [3.8, 4) is 5.75 Å². The summed E-state index contributed by atoms with van der Waals surface area (Å²) in [5.74, 6) is -1.18. The number of nitro groups is 1. The maximum absolute atomic E-state index is 12.5. The van der Waals surface area contributed by atoms with Crippen molar-refractivity contribution in [2.45, 2.75) is 13.0 Å². The van der Waals surface area contributed by atoms with Gasteiger partial charge in [-0.05, 0) is 31.2 Å². The third-order valence-electron chi connectivity index (χ3n) is 3.70. The fourth-order valence-corrected chi connectivity index (χ4v) is 2.30. The van der Waals surface area contributed by atoms with Gasteiger partial charge < -0.3 is 14.4 Å². The average Bonchev–Trinajstić information content (AvgIpc) is 2.66. The molecule has 26 heavy (non-hydrogen) atoms. The Bertz CT molecular complexity index is 822. The molecule has 0 fully saturated rings. The molecule has 8 nitrogen and oxygen atoms in total. The Labute approximate surface area is 150 Å². The quantitative estimate of drug-likeness (QED) is 0.447. The average molecular weight is 358 g/mol. The lowest BCUT2D eigenvalue weighted by atomic mass is 10.2. The van der Waals surface area contributed by atoms with E-state index in [1.807, 2.05) is 6.07 Å². The smallest absolute Gasteiger partial charge is 0.338 e. The summed E-state index contributed by atoms with van der Waals surface area (Å²) in [6, 6.07) is 12.6. The van der Waals surface area contributed by atoms with Crippen molar-refractivity contribution in [1.29, 1.82) is 0 Å². The van der Waals surface area contributed by atoms with Crippen molar-refractivity contribution in [3.05, 3.63) is 64.2 Å². The van der Waals surface area contributed by atoms with Crippen LogP contribution in [0.2, 0.25) is 0 Å². The normalized spacial score (nSPS) is 11.3. The highest BCUT2D eigenvalue weighted by molar-refractivity contribution is 5.96. The van der Waals surface area contributed by atoms with Crippen molar-refractivity contribution >= 4 is 23.3 Å². The number of carbonyl (C=O) groups is 2. The highest BCUT2D eigenvalue weighted by Gasteiger charge is 2.25. The number of benzene rings is 2. The summed E-state index contributed by atoms with van der Waals surface area (Å²) in [7, 11) is 2.77. The monoisotopic (exact) mass is 358 g/mol. The maximum Gasteiger partial charge on any atom is 0.338 e. The minimum atomic E-state index is -0.970. The van der Waals surface area contributed by atoms with Crippen LogP contribution in [0, 0.1) is 10.1 Å². The van der Waals surface area contributed by atoms with Gasteiger partial charge in [0, 0.05) is 18.8 Å². The highest BCUT2D eigenvalue weighted by atomic mass is 16.6. The van der Waals surface area contributed by atoms with Gasteiger partial charge in [0.15, 0.2) is 11.9 Å². The number of amides is 1. The maximum atomic E-state index is 12.5. The van der Waals surface area contributed by atoms with E-state index in [9.17, 15) is 19.7 Å². The molecule has 0 radical (unpaired) electrons. The zero-order chi connectivity index (χ0) is 19.3. The molecule has 0 saturated heterocycles. The molecule has 136 valence electrons.